The Morgan fingerprint density at radius 2 is 1.56 bits per heavy atom. The molecule has 9 heavy (non-hydrogen) atoms. The summed E-state index contributed by atoms with van der Waals surface area (Å²) in [4.78, 5) is 0. The number of nitrogens with zero attached hydrogens (tertiary/aromatic N) is 1. The van der Waals surface area contributed by atoms with Crippen LogP contribution in [0.15, 0.2) is 0 Å². The van der Waals surface area contributed by atoms with Crippen LogP contribution in [0.25, 0.3) is 0 Å². The van der Waals surface area contributed by atoms with Crippen molar-refractivity contribution in [2.24, 2.45) is 0 Å². The third-order valence-electron chi connectivity index (χ3n) is 1.24. The molecule has 0 atom stereocenters. The molecule has 0 aliphatic rings. The molecule has 0 aliphatic heterocycles. The first-order valence-electron chi connectivity index (χ1n) is 2.62. The van der Waals surface area contributed by atoms with E-state index in [2.05, 4.69) is 0 Å². The van der Waals surface area contributed by atoms with E-state index < -0.39 is 13.8 Å². The van der Waals surface area contributed by atoms with Gasteiger partial charge in [0.1, 0.15) is 0 Å². The van der Waals surface area contributed by atoms with Gasteiger partial charge in [-0.15, -0.1) is 0 Å². The predicted octanol–water partition coefficient (Wildman–Crippen LogP) is 2.69. The summed E-state index contributed by atoms with van der Waals surface area (Å²) in [6, 6.07) is 0. The van der Waals surface area contributed by atoms with Crippen molar-refractivity contribution in [3.63, 3.8) is 0 Å². The van der Waals surface area contributed by atoms with Gasteiger partial charge in [0.2, 0.25) is 0 Å². The SMILES string of the molecule is CCP(F)(F)(F)N(C)C. The van der Waals surface area contributed by atoms with Gasteiger partial charge in [0.25, 0.3) is 0 Å². The Bertz CT molecular complexity index is 106. The molecule has 0 aliphatic carbocycles. The second kappa shape index (κ2) is 2.10. The van der Waals surface area contributed by atoms with Gasteiger partial charge in [-0.3, -0.25) is 0 Å². The molecule has 0 N–H and O–H groups in total. The molecule has 0 rings (SSSR count). The van der Waals surface area contributed by atoms with Gasteiger partial charge in [-0.05, 0) is 0 Å². The number of halogens is 3. The summed E-state index contributed by atoms with van der Waals surface area (Å²) >= 11 is 0. The number of hydrogen-bond donors (Lipinski definition) is 0. The van der Waals surface area contributed by atoms with Crippen LogP contribution >= 0.6 is 7.69 Å². The Labute approximate surface area is 53.2 Å². The molecule has 58 valence electrons. The van der Waals surface area contributed by atoms with Crippen molar-refractivity contribution in [2.45, 2.75) is 6.92 Å². The average Bonchev–Trinajstić information content (AvgIpc) is 1.66. The van der Waals surface area contributed by atoms with Crippen LogP contribution in [-0.4, -0.2) is 24.9 Å². The molecule has 0 heterocycles. The Balaban J connectivity index is 4.30. The summed E-state index contributed by atoms with van der Waals surface area (Å²) in [6.45, 7) is 1.15. The van der Waals surface area contributed by atoms with Gasteiger partial charge in [0.05, 0.1) is 0 Å². The van der Waals surface area contributed by atoms with E-state index in [1.807, 2.05) is 0 Å². The van der Waals surface area contributed by atoms with Gasteiger partial charge in [-0.1, -0.05) is 0 Å². The van der Waals surface area contributed by atoms with Gasteiger partial charge in [0, 0.05) is 0 Å². The summed E-state index contributed by atoms with van der Waals surface area (Å²) in [6.07, 6.45) is -0.696. The first kappa shape index (κ1) is 9.18. The zero-order chi connectivity index (χ0) is 7.73. The van der Waals surface area contributed by atoms with Gasteiger partial charge in [-0.2, -0.15) is 0 Å². The minimum absolute atomic E-state index is 0.394. The van der Waals surface area contributed by atoms with Crippen LogP contribution in [0, 0.1) is 0 Å². The minimum atomic E-state index is -5.88. The zero-order valence-corrected chi connectivity index (χ0v) is 6.63. The molecular weight excluding hydrogens is 150 g/mol. The van der Waals surface area contributed by atoms with Gasteiger partial charge in [-0.25, -0.2) is 0 Å². The quantitative estimate of drug-likeness (QED) is 0.563. The molecule has 0 amide bonds. The van der Waals surface area contributed by atoms with Crippen molar-refractivity contribution >= 4 is 7.69 Å². The zero-order valence-electron chi connectivity index (χ0n) is 5.74. The summed E-state index contributed by atoms with van der Waals surface area (Å²) in [7, 11) is -3.76. The third-order valence-corrected chi connectivity index (χ3v) is 3.71. The second-order valence-corrected chi connectivity index (χ2v) is 5.35. The molecular formula is C4H11F3NP. The molecule has 0 radical (unpaired) electrons. The number of rotatable bonds is 2. The average molecular weight is 161 g/mol. The van der Waals surface area contributed by atoms with Gasteiger partial charge < -0.3 is 0 Å². The van der Waals surface area contributed by atoms with Crippen molar-refractivity contribution in [3.05, 3.63) is 0 Å². The Hall–Kier alpha value is 0.180. The third kappa shape index (κ3) is 2.11. The Kier molecular flexibility index (Phi) is 2.14. The topological polar surface area (TPSA) is 3.24 Å². The molecule has 0 unspecified atom stereocenters. The van der Waals surface area contributed by atoms with Crippen LogP contribution in [-0.2, 0) is 0 Å². The maximum absolute atomic E-state index is 12.4. The fourth-order valence-corrected chi connectivity index (χ4v) is 0.849. The van der Waals surface area contributed by atoms with Crippen molar-refractivity contribution in [2.75, 3.05) is 20.3 Å². The van der Waals surface area contributed by atoms with E-state index >= 15 is 0 Å². The summed E-state index contributed by atoms with van der Waals surface area (Å²) < 4.78 is 37.5. The Morgan fingerprint density at radius 1 is 1.22 bits per heavy atom. The van der Waals surface area contributed by atoms with Crippen molar-refractivity contribution in [3.8, 4) is 0 Å². The molecule has 0 aromatic heterocycles. The normalized spacial score (nSPS) is 17.4. The van der Waals surface area contributed by atoms with Gasteiger partial charge >= 0.3 is 52.1 Å². The van der Waals surface area contributed by atoms with E-state index in [1.54, 1.807) is 0 Å². The van der Waals surface area contributed by atoms with Crippen LogP contribution in [0.3, 0.4) is 0 Å². The molecule has 0 saturated carbocycles. The van der Waals surface area contributed by atoms with Crippen molar-refractivity contribution in [1.82, 2.24) is 4.67 Å². The second-order valence-electron chi connectivity index (χ2n) is 2.08. The fourth-order valence-electron chi connectivity index (χ4n) is 0.283. The summed E-state index contributed by atoms with van der Waals surface area (Å²) in [5.74, 6) is 0. The van der Waals surface area contributed by atoms with Crippen LogP contribution in [0.2, 0.25) is 0 Å². The predicted molar refractivity (Wildman–Crippen MR) is 34.5 cm³/mol. The first-order valence-corrected chi connectivity index (χ1v) is 4.67. The molecule has 0 bridgehead atoms. The van der Waals surface area contributed by atoms with Crippen molar-refractivity contribution < 1.29 is 12.6 Å². The van der Waals surface area contributed by atoms with Crippen LogP contribution in [0.5, 0.6) is 0 Å². The monoisotopic (exact) mass is 161 g/mol. The van der Waals surface area contributed by atoms with E-state index in [1.165, 1.54) is 0 Å². The Morgan fingerprint density at radius 3 is 1.56 bits per heavy atom. The van der Waals surface area contributed by atoms with Crippen LogP contribution < -0.4 is 0 Å². The van der Waals surface area contributed by atoms with E-state index in [0.717, 1.165) is 21.0 Å². The molecule has 0 aromatic rings. The summed E-state index contributed by atoms with van der Waals surface area (Å²) in [5.41, 5.74) is 0. The van der Waals surface area contributed by atoms with Crippen LogP contribution in [0.1, 0.15) is 6.92 Å². The van der Waals surface area contributed by atoms with Crippen LogP contribution in [0.4, 0.5) is 12.6 Å². The van der Waals surface area contributed by atoms with E-state index in [4.69, 9.17) is 0 Å². The van der Waals surface area contributed by atoms with E-state index in [0.29, 0.717) is 4.67 Å². The van der Waals surface area contributed by atoms with E-state index in [9.17, 15) is 12.6 Å². The molecule has 0 aromatic carbocycles. The molecule has 0 saturated heterocycles. The molecule has 5 heteroatoms. The first-order chi connectivity index (χ1) is 3.78. The standard InChI is InChI=1S/C4H11F3NP/c1-4-9(5,6,7)8(2)3/h4H2,1-3H3. The fraction of sp³-hybridized carbons (Fsp3) is 1.00. The molecule has 0 spiro atoms. The molecule has 1 nitrogen and oxygen atoms in total. The number of hydrogen-bond acceptors (Lipinski definition) is 1. The van der Waals surface area contributed by atoms with E-state index in [-0.39, 0.29) is 0 Å². The summed E-state index contributed by atoms with van der Waals surface area (Å²) in [5, 5.41) is 0. The van der Waals surface area contributed by atoms with Crippen molar-refractivity contribution in [1.29, 1.82) is 0 Å². The maximum atomic E-state index is 12.4. The molecule has 0 fully saturated rings. The van der Waals surface area contributed by atoms with Gasteiger partial charge in [0.15, 0.2) is 0 Å².